The van der Waals surface area contributed by atoms with Crippen LogP contribution in [-0.4, -0.2) is 35.5 Å². The maximum atomic E-state index is 13.9. The van der Waals surface area contributed by atoms with Gasteiger partial charge >= 0.3 is 12.0 Å². The second kappa shape index (κ2) is 10.6. The Balaban J connectivity index is 2.78. The molecule has 162 valence electrons. The Labute approximate surface area is 179 Å². The molecule has 0 unspecified atom stereocenters. The number of benzene rings is 1. The Morgan fingerprint density at radius 1 is 1.21 bits per heavy atom. The number of carbonyl (C=O) groups is 2. The van der Waals surface area contributed by atoms with E-state index < -0.39 is 35.5 Å². The van der Waals surface area contributed by atoms with Crippen molar-refractivity contribution in [1.82, 2.24) is 10.6 Å². The van der Waals surface area contributed by atoms with Crippen LogP contribution in [-0.2, 0) is 9.53 Å². The summed E-state index contributed by atoms with van der Waals surface area (Å²) in [5.41, 5.74) is -0.616. The zero-order chi connectivity index (χ0) is 22.4. The Morgan fingerprint density at radius 2 is 1.83 bits per heavy atom. The average Bonchev–Trinajstić information content (AvgIpc) is 2.54. The summed E-state index contributed by atoms with van der Waals surface area (Å²) in [6, 6.07) is 2.20. The number of halogens is 2. The summed E-state index contributed by atoms with van der Waals surface area (Å²) in [6.07, 6.45) is 0.461. The van der Waals surface area contributed by atoms with Gasteiger partial charge in [-0.1, -0.05) is 29.8 Å². The summed E-state index contributed by atoms with van der Waals surface area (Å²) in [7, 11) is 0. The fourth-order valence-corrected chi connectivity index (χ4v) is 2.74. The zero-order valence-electron chi connectivity index (χ0n) is 17.7. The van der Waals surface area contributed by atoms with Crippen LogP contribution in [0.2, 0.25) is 0 Å². The van der Waals surface area contributed by atoms with Gasteiger partial charge in [-0.3, -0.25) is 5.41 Å². The molecule has 0 radical (unpaired) electrons. The van der Waals surface area contributed by atoms with Gasteiger partial charge in [-0.15, -0.1) is 0 Å². The zero-order valence-corrected chi connectivity index (χ0v) is 19.2. The van der Waals surface area contributed by atoms with Crippen molar-refractivity contribution in [3.63, 3.8) is 0 Å². The molecule has 1 aromatic carbocycles. The standard InChI is InChI=1S/C20H30BrFN4O3/c1-11(2)9-16(17(23)24-12(3)18(27)29-20(4,5)6)26-19(28)25-15-8-7-13(21)10-14(15)22/h7-8,10-12,16H,9H2,1-6H3,(H2,23,24)(H2,25,26,28)/t12-,16-/m0/s1. The van der Waals surface area contributed by atoms with Crippen molar-refractivity contribution in [3.8, 4) is 0 Å². The van der Waals surface area contributed by atoms with Gasteiger partial charge in [0, 0.05) is 4.47 Å². The lowest BCUT2D eigenvalue weighted by atomic mass is 10.0. The van der Waals surface area contributed by atoms with Crippen LogP contribution in [0.25, 0.3) is 0 Å². The number of rotatable bonds is 7. The van der Waals surface area contributed by atoms with Crippen LogP contribution >= 0.6 is 15.9 Å². The highest BCUT2D eigenvalue weighted by atomic mass is 79.9. The molecule has 0 aromatic heterocycles. The van der Waals surface area contributed by atoms with Gasteiger partial charge in [0.2, 0.25) is 0 Å². The summed E-state index contributed by atoms with van der Waals surface area (Å²) in [4.78, 5) is 24.5. The molecule has 0 saturated heterocycles. The first-order valence-electron chi connectivity index (χ1n) is 9.39. The Kier molecular flexibility index (Phi) is 9.07. The lowest BCUT2D eigenvalue weighted by molar-refractivity contribution is -0.156. The average molecular weight is 473 g/mol. The van der Waals surface area contributed by atoms with E-state index in [4.69, 9.17) is 10.1 Å². The second-order valence-electron chi connectivity index (χ2n) is 8.22. The van der Waals surface area contributed by atoms with Crippen molar-refractivity contribution in [2.75, 3.05) is 5.32 Å². The van der Waals surface area contributed by atoms with E-state index in [1.165, 1.54) is 12.1 Å². The van der Waals surface area contributed by atoms with Crippen LogP contribution in [0.1, 0.15) is 48.0 Å². The first-order valence-corrected chi connectivity index (χ1v) is 10.2. The number of amidine groups is 1. The number of amides is 2. The van der Waals surface area contributed by atoms with E-state index in [2.05, 4.69) is 31.9 Å². The number of hydrogen-bond donors (Lipinski definition) is 4. The molecule has 0 aliphatic heterocycles. The van der Waals surface area contributed by atoms with E-state index in [0.717, 1.165) is 0 Å². The van der Waals surface area contributed by atoms with Crippen molar-refractivity contribution in [3.05, 3.63) is 28.5 Å². The maximum Gasteiger partial charge on any atom is 0.328 e. The SMILES string of the molecule is CC(C)C[C@H](NC(=O)Nc1ccc(Br)cc1F)C(=N)N[C@@H](C)C(=O)OC(C)(C)C. The fourth-order valence-electron chi connectivity index (χ4n) is 2.41. The molecule has 0 heterocycles. The third kappa shape index (κ3) is 9.25. The summed E-state index contributed by atoms with van der Waals surface area (Å²) in [6.45, 7) is 10.8. The Hall–Kier alpha value is -2.16. The van der Waals surface area contributed by atoms with Crippen molar-refractivity contribution in [1.29, 1.82) is 5.41 Å². The molecule has 7 nitrogen and oxygen atoms in total. The van der Waals surface area contributed by atoms with Crippen molar-refractivity contribution in [2.24, 2.45) is 5.92 Å². The minimum atomic E-state index is -0.759. The van der Waals surface area contributed by atoms with E-state index in [1.807, 2.05) is 13.8 Å². The van der Waals surface area contributed by atoms with Crippen molar-refractivity contribution < 1.29 is 18.7 Å². The highest BCUT2D eigenvalue weighted by Gasteiger charge is 2.26. The monoisotopic (exact) mass is 472 g/mol. The third-order valence-corrected chi connectivity index (χ3v) is 4.17. The van der Waals surface area contributed by atoms with Crippen LogP contribution in [0.3, 0.4) is 0 Å². The molecular weight excluding hydrogens is 443 g/mol. The van der Waals surface area contributed by atoms with Crippen LogP contribution in [0.15, 0.2) is 22.7 Å². The lowest BCUT2D eigenvalue weighted by Crippen LogP contribution is -2.52. The summed E-state index contributed by atoms with van der Waals surface area (Å²) in [5.74, 6) is -0.930. The molecule has 1 rings (SSSR count). The number of ether oxygens (including phenoxy) is 1. The van der Waals surface area contributed by atoms with E-state index >= 15 is 0 Å². The topological polar surface area (TPSA) is 103 Å². The Morgan fingerprint density at radius 3 is 2.34 bits per heavy atom. The molecule has 0 aliphatic carbocycles. The van der Waals surface area contributed by atoms with Crippen LogP contribution in [0.4, 0.5) is 14.9 Å². The molecule has 0 bridgehead atoms. The highest BCUT2D eigenvalue weighted by Crippen LogP contribution is 2.19. The molecule has 2 amide bonds. The van der Waals surface area contributed by atoms with Crippen molar-refractivity contribution in [2.45, 2.75) is 65.6 Å². The number of hydrogen-bond acceptors (Lipinski definition) is 4. The van der Waals surface area contributed by atoms with Crippen LogP contribution < -0.4 is 16.0 Å². The predicted molar refractivity (Wildman–Crippen MR) is 116 cm³/mol. The number of carbonyl (C=O) groups excluding carboxylic acids is 2. The minimum absolute atomic E-state index is 0.0237. The molecule has 2 atom stereocenters. The number of urea groups is 1. The van der Waals surface area contributed by atoms with Gasteiger partial charge in [-0.2, -0.15) is 0 Å². The van der Waals surface area contributed by atoms with Crippen LogP contribution in [0, 0.1) is 17.1 Å². The fraction of sp³-hybridized carbons (Fsp3) is 0.550. The van der Waals surface area contributed by atoms with Gasteiger partial charge in [0.05, 0.1) is 11.7 Å². The lowest BCUT2D eigenvalue weighted by Gasteiger charge is -2.26. The minimum Gasteiger partial charge on any atom is -0.458 e. The molecule has 0 spiro atoms. The molecule has 9 heteroatoms. The first kappa shape index (κ1) is 24.9. The van der Waals surface area contributed by atoms with Crippen LogP contribution in [0.5, 0.6) is 0 Å². The molecule has 4 N–H and O–H groups in total. The molecule has 29 heavy (non-hydrogen) atoms. The molecule has 1 aromatic rings. The third-order valence-electron chi connectivity index (χ3n) is 3.67. The molecule has 0 saturated carbocycles. The first-order chi connectivity index (χ1) is 13.3. The van der Waals surface area contributed by atoms with Gasteiger partial charge in [0.15, 0.2) is 0 Å². The number of esters is 1. The molecule has 0 fully saturated rings. The predicted octanol–water partition coefficient (Wildman–Crippen LogP) is 4.42. The number of nitrogens with one attached hydrogen (secondary N) is 4. The maximum absolute atomic E-state index is 13.9. The van der Waals surface area contributed by atoms with Gasteiger partial charge < -0.3 is 20.7 Å². The van der Waals surface area contributed by atoms with Gasteiger partial charge in [-0.25, -0.2) is 14.0 Å². The quantitative estimate of drug-likeness (QED) is 0.267. The normalized spacial score (nSPS) is 13.4. The Bertz CT molecular complexity index is 750. The molecular formula is C20H30BrFN4O3. The molecule has 0 aliphatic rings. The second-order valence-corrected chi connectivity index (χ2v) is 9.13. The smallest absolute Gasteiger partial charge is 0.328 e. The summed E-state index contributed by atoms with van der Waals surface area (Å²) >= 11 is 3.16. The van der Waals surface area contributed by atoms with E-state index in [9.17, 15) is 14.0 Å². The van der Waals surface area contributed by atoms with E-state index in [0.29, 0.717) is 10.9 Å². The largest absolute Gasteiger partial charge is 0.458 e. The van der Waals surface area contributed by atoms with Gasteiger partial charge in [0.1, 0.15) is 23.3 Å². The summed E-state index contributed by atoms with van der Waals surface area (Å²) in [5, 5.41) is 16.2. The van der Waals surface area contributed by atoms with E-state index in [1.54, 1.807) is 33.8 Å². The number of anilines is 1. The van der Waals surface area contributed by atoms with Gasteiger partial charge in [0.25, 0.3) is 0 Å². The van der Waals surface area contributed by atoms with Gasteiger partial charge in [-0.05, 0) is 58.2 Å². The summed E-state index contributed by atoms with van der Waals surface area (Å²) < 4.78 is 19.8. The van der Waals surface area contributed by atoms with Crippen molar-refractivity contribution >= 4 is 39.5 Å². The highest BCUT2D eigenvalue weighted by molar-refractivity contribution is 9.10. The van der Waals surface area contributed by atoms with E-state index in [-0.39, 0.29) is 17.4 Å².